The summed E-state index contributed by atoms with van der Waals surface area (Å²) in [7, 11) is 0. The van der Waals surface area contributed by atoms with Crippen molar-refractivity contribution in [3.63, 3.8) is 0 Å². The molecule has 1 aliphatic rings. The first-order chi connectivity index (χ1) is 13.9. The minimum atomic E-state index is -1.07. The van der Waals surface area contributed by atoms with Crippen molar-refractivity contribution in [3.8, 4) is 6.07 Å². The summed E-state index contributed by atoms with van der Waals surface area (Å²) >= 11 is 6.18. The van der Waals surface area contributed by atoms with E-state index in [-0.39, 0.29) is 11.5 Å². The van der Waals surface area contributed by atoms with Crippen LogP contribution in [-0.4, -0.2) is 30.4 Å². The fourth-order valence-corrected chi connectivity index (χ4v) is 3.16. The van der Waals surface area contributed by atoms with Gasteiger partial charge in [0, 0.05) is 18.7 Å². The molecule has 2 aromatic carbocycles. The van der Waals surface area contributed by atoms with E-state index >= 15 is 0 Å². The van der Waals surface area contributed by atoms with Crippen molar-refractivity contribution in [2.45, 2.75) is 25.9 Å². The van der Waals surface area contributed by atoms with E-state index in [2.05, 4.69) is 5.32 Å². The molecule has 1 fully saturated rings. The van der Waals surface area contributed by atoms with Crippen LogP contribution in [0.25, 0.3) is 0 Å². The first-order valence-corrected chi connectivity index (χ1v) is 9.39. The highest BCUT2D eigenvalue weighted by Crippen LogP contribution is 2.30. The molecule has 0 bridgehead atoms. The molecular weight excluding hydrogens is 394 g/mol. The van der Waals surface area contributed by atoms with E-state index in [0.29, 0.717) is 34.9 Å². The van der Waals surface area contributed by atoms with Gasteiger partial charge in [-0.3, -0.25) is 9.59 Å². The fraction of sp³-hybridized carbons (Fsp3) is 0.238. The molecule has 1 heterocycles. The standard InChI is InChI=1S/C21H18ClN3O4/c1-13(20(27)24-16-5-2-4-14(10-16)12-23)29-21(28)15-7-8-17(22)18(11-15)25-9-3-6-19(25)26/h2,4-5,7-8,10-11,13H,3,6,9H2,1H3,(H,24,27)/t13-/m1/s1. The van der Waals surface area contributed by atoms with Gasteiger partial charge in [-0.2, -0.15) is 5.26 Å². The van der Waals surface area contributed by atoms with Gasteiger partial charge in [0.15, 0.2) is 6.10 Å². The van der Waals surface area contributed by atoms with Gasteiger partial charge in [0.05, 0.1) is 27.9 Å². The molecule has 0 radical (unpaired) electrons. The number of halogens is 1. The van der Waals surface area contributed by atoms with Gasteiger partial charge in [0.25, 0.3) is 5.91 Å². The largest absolute Gasteiger partial charge is 0.449 e. The number of amides is 2. The lowest BCUT2D eigenvalue weighted by molar-refractivity contribution is -0.123. The van der Waals surface area contributed by atoms with Crippen LogP contribution in [-0.2, 0) is 14.3 Å². The molecule has 0 aromatic heterocycles. The molecule has 0 unspecified atom stereocenters. The van der Waals surface area contributed by atoms with E-state index in [9.17, 15) is 14.4 Å². The highest BCUT2D eigenvalue weighted by Gasteiger charge is 2.25. The lowest BCUT2D eigenvalue weighted by Crippen LogP contribution is -2.30. The lowest BCUT2D eigenvalue weighted by atomic mass is 10.2. The second-order valence-electron chi connectivity index (χ2n) is 6.54. The molecule has 2 amide bonds. The minimum absolute atomic E-state index is 0.0511. The highest BCUT2D eigenvalue weighted by molar-refractivity contribution is 6.34. The molecule has 3 rings (SSSR count). The summed E-state index contributed by atoms with van der Waals surface area (Å²) in [6, 6.07) is 12.9. The van der Waals surface area contributed by atoms with Gasteiger partial charge in [-0.05, 0) is 49.7 Å². The number of anilines is 2. The van der Waals surface area contributed by atoms with Gasteiger partial charge in [-0.15, -0.1) is 0 Å². The zero-order chi connectivity index (χ0) is 21.0. The molecule has 1 saturated heterocycles. The lowest BCUT2D eigenvalue weighted by Gasteiger charge is -2.19. The Hall–Kier alpha value is -3.37. The number of hydrogen-bond acceptors (Lipinski definition) is 5. The number of benzene rings is 2. The predicted octanol–water partition coefficient (Wildman–Crippen LogP) is 3.52. The zero-order valence-corrected chi connectivity index (χ0v) is 16.4. The molecule has 148 valence electrons. The van der Waals surface area contributed by atoms with Crippen molar-refractivity contribution in [2.24, 2.45) is 0 Å². The number of rotatable bonds is 5. The number of nitrogens with zero attached hydrogens (tertiary/aromatic N) is 2. The third-order valence-corrected chi connectivity index (χ3v) is 4.78. The van der Waals surface area contributed by atoms with E-state index in [0.717, 1.165) is 6.42 Å². The van der Waals surface area contributed by atoms with Crippen LogP contribution in [0.1, 0.15) is 35.7 Å². The van der Waals surface area contributed by atoms with Crippen LogP contribution in [0.15, 0.2) is 42.5 Å². The average molecular weight is 412 g/mol. The quantitative estimate of drug-likeness (QED) is 0.759. The van der Waals surface area contributed by atoms with E-state index in [1.165, 1.54) is 36.1 Å². The van der Waals surface area contributed by atoms with Gasteiger partial charge in [-0.1, -0.05) is 17.7 Å². The van der Waals surface area contributed by atoms with Crippen LogP contribution in [0.4, 0.5) is 11.4 Å². The number of nitrogens with one attached hydrogen (secondary N) is 1. The van der Waals surface area contributed by atoms with Gasteiger partial charge in [-0.25, -0.2) is 4.79 Å². The fourth-order valence-electron chi connectivity index (χ4n) is 2.94. The van der Waals surface area contributed by atoms with Crippen molar-refractivity contribution < 1.29 is 19.1 Å². The summed E-state index contributed by atoms with van der Waals surface area (Å²) in [5, 5.41) is 11.9. The maximum atomic E-state index is 12.5. The van der Waals surface area contributed by atoms with Crippen LogP contribution in [0.3, 0.4) is 0 Å². The van der Waals surface area contributed by atoms with Crippen molar-refractivity contribution in [1.29, 1.82) is 5.26 Å². The molecule has 0 spiro atoms. The summed E-state index contributed by atoms with van der Waals surface area (Å²) in [5.41, 5.74) is 1.47. The summed E-state index contributed by atoms with van der Waals surface area (Å²) < 4.78 is 5.25. The molecule has 1 atom stereocenters. The Labute approximate surface area is 172 Å². The molecule has 2 aromatic rings. The first kappa shape index (κ1) is 20.4. The van der Waals surface area contributed by atoms with Crippen molar-refractivity contribution in [3.05, 3.63) is 58.6 Å². The average Bonchev–Trinajstić information content (AvgIpc) is 3.14. The van der Waals surface area contributed by atoms with Crippen LogP contribution in [0.5, 0.6) is 0 Å². The molecule has 0 saturated carbocycles. The first-order valence-electron chi connectivity index (χ1n) is 9.01. The normalized spacial score (nSPS) is 14.2. The second kappa shape index (κ2) is 8.76. The summed E-state index contributed by atoms with van der Waals surface area (Å²) in [4.78, 5) is 38.3. The predicted molar refractivity (Wildman–Crippen MR) is 108 cm³/mol. The van der Waals surface area contributed by atoms with Gasteiger partial charge in [0.2, 0.25) is 5.91 Å². The Bertz CT molecular complexity index is 1020. The van der Waals surface area contributed by atoms with Crippen molar-refractivity contribution in [1.82, 2.24) is 0 Å². The van der Waals surface area contributed by atoms with E-state index < -0.39 is 18.0 Å². The number of esters is 1. The number of carbonyl (C=O) groups is 3. The number of carbonyl (C=O) groups excluding carboxylic acids is 3. The second-order valence-corrected chi connectivity index (χ2v) is 6.95. The van der Waals surface area contributed by atoms with Crippen LogP contribution in [0, 0.1) is 11.3 Å². The van der Waals surface area contributed by atoms with Gasteiger partial charge >= 0.3 is 5.97 Å². The van der Waals surface area contributed by atoms with Crippen molar-refractivity contribution >= 4 is 40.8 Å². The summed E-state index contributed by atoms with van der Waals surface area (Å²) in [6.45, 7) is 1.99. The third kappa shape index (κ3) is 4.73. The maximum Gasteiger partial charge on any atom is 0.338 e. The molecule has 1 N–H and O–H groups in total. The zero-order valence-electron chi connectivity index (χ0n) is 15.6. The number of ether oxygens (including phenoxy) is 1. The Morgan fingerprint density at radius 2 is 2.07 bits per heavy atom. The van der Waals surface area contributed by atoms with E-state index in [1.54, 1.807) is 18.2 Å². The highest BCUT2D eigenvalue weighted by atomic mass is 35.5. The number of nitriles is 1. The Kier molecular flexibility index (Phi) is 6.15. The molecule has 8 heteroatoms. The number of hydrogen-bond donors (Lipinski definition) is 1. The Morgan fingerprint density at radius 1 is 1.28 bits per heavy atom. The Balaban J connectivity index is 1.68. The van der Waals surface area contributed by atoms with Crippen molar-refractivity contribution in [2.75, 3.05) is 16.8 Å². The molecular formula is C21H18ClN3O4. The maximum absolute atomic E-state index is 12.5. The molecule has 29 heavy (non-hydrogen) atoms. The third-order valence-electron chi connectivity index (χ3n) is 4.46. The molecule has 0 aliphatic carbocycles. The van der Waals surface area contributed by atoms with E-state index in [1.807, 2.05) is 6.07 Å². The topological polar surface area (TPSA) is 99.5 Å². The minimum Gasteiger partial charge on any atom is -0.449 e. The Morgan fingerprint density at radius 3 is 2.76 bits per heavy atom. The van der Waals surface area contributed by atoms with Crippen LogP contribution < -0.4 is 10.2 Å². The van der Waals surface area contributed by atoms with Crippen LogP contribution in [0.2, 0.25) is 5.02 Å². The SMILES string of the molecule is C[C@@H](OC(=O)c1ccc(Cl)c(N2CCCC2=O)c1)C(=O)Nc1cccc(C#N)c1. The molecule has 7 nitrogen and oxygen atoms in total. The summed E-state index contributed by atoms with van der Waals surface area (Å²) in [6.07, 6.45) is 0.101. The van der Waals surface area contributed by atoms with Crippen LogP contribution >= 0.6 is 11.6 Å². The van der Waals surface area contributed by atoms with Gasteiger partial charge < -0.3 is 15.0 Å². The molecule has 1 aliphatic heterocycles. The smallest absolute Gasteiger partial charge is 0.338 e. The van der Waals surface area contributed by atoms with E-state index in [4.69, 9.17) is 21.6 Å². The monoisotopic (exact) mass is 411 g/mol. The van der Waals surface area contributed by atoms with Gasteiger partial charge in [0.1, 0.15) is 0 Å². The summed E-state index contributed by atoms with van der Waals surface area (Å²) in [5.74, 6) is -1.29.